The number of nitriles is 1. The van der Waals surface area contributed by atoms with Gasteiger partial charge in [0.25, 0.3) is 0 Å². The number of nitrogens with zero attached hydrogens (tertiary/aromatic N) is 3. The fraction of sp³-hybridized carbons (Fsp3) is 0.286. The van der Waals surface area contributed by atoms with Gasteiger partial charge < -0.3 is 10.1 Å². The van der Waals surface area contributed by atoms with Crippen LogP contribution < -0.4 is 10.1 Å². The molecule has 0 spiro atoms. The van der Waals surface area contributed by atoms with E-state index in [2.05, 4.69) is 16.5 Å². The molecule has 0 aliphatic heterocycles. The van der Waals surface area contributed by atoms with Gasteiger partial charge in [0.1, 0.15) is 23.2 Å². The molecular formula is C14H15ClN4O. The van der Waals surface area contributed by atoms with E-state index in [0.29, 0.717) is 34.4 Å². The number of aryl methyl sites for hydroxylation is 2. The molecule has 1 aromatic heterocycles. The molecule has 104 valence electrons. The fourth-order valence-corrected chi connectivity index (χ4v) is 2.30. The van der Waals surface area contributed by atoms with Gasteiger partial charge in [-0.3, -0.25) is 4.68 Å². The van der Waals surface area contributed by atoms with Crippen molar-refractivity contribution in [3.8, 4) is 11.8 Å². The maximum Gasteiger partial charge on any atom is 0.142 e. The Balaban J connectivity index is 2.29. The van der Waals surface area contributed by atoms with Crippen LogP contribution in [0, 0.1) is 18.3 Å². The number of hydrogen-bond acceptors (Lipinski definition) is 4. The molecule has 0 atom stereocenters. The van der Waals surface area contributed by atoms with Crippen LogP contribution in [0.3, 0.4) is 0 Å². The summed E-state index contributed by atoms with van der Waals surface area (Å²) in [4.78, 5) is 0. The quantitative estimate of drug-likeness (QED) is 0.940. The molecule has 0 aliphatic carbocycles. The molecule has 6 heteroatoms. The molecule has 5 nitrogen and oxygen atoms in total. The second-order valence-corrected chi connectivity index (χ2v) is 4.73. The maximum atomic E-state index is 9.17. The van der Waals surface area contributed by atoms with Crippen LogP contribution in [0.1, 0.15) is 16.8 Å². The SMILES string of the molecule is COc1cccc(Cl)c1CNc1c(C#N)c(C)nn1C. The van der Waals surface area contributed by atoms with Crippen LogP contribution in [0.2, 0.25) is 5.02 Å². The molecule has 1 heterocycles. The molecule has 0 aliphatic rings. The zero-order valence-corrected chi connectivity index (χ0v) is 12.3. The first-order valence-electron chi connectivity index (χ1n) is 6.07. The lowest BCUT2D eigenvalue weighted by molar-refractivity contribution is 0.410. The number of rotatable bonds is 4. The first-order valence-corrected chi connectivity index (χ1v) is 6.45. The monoisotopic (exact) mass is 290 g/mol. The summed E-state index contributed by atoms with van der Waals surface area (Å²) in [5.41, 5.74) is 2.08. The van der Waals surface area contributed by atoms with E-state index in [1.54, 1.807) is 31.8 Å². The number of benzene rings is 1. The summed E-state index contributed by atoms with van der Waals surface area (Å²) < 4.78 is 6.94. The van der Waals surface area contributed by atoms with Crippen LogP contribution in [0.5, 0.6) is 5.75 Å². The fourth-order valence-electron chi connectivity index (χ4n) is 2.07. The summed E-state index contributed by atoms with van der Waals surface area (Å²) >= 11 is 6.19. The third kappa shape index (κ3) is 2.56. The van der Waals surface area contributed by atoms with Crippen molar-refractivity contribution < 1.29 is 4.74 Å². The lowest BCUT2D eigenvalue weighted by Gasteiger charge is -2.12. The summed E-state index contributed by atoms with van der Waals surface area (Å²) in [5, 5.41) is 17.2. The second kappa shape index (κ2) is 5.85. The maximum absolute atomic E-state index is 9.17. The molecule has 0 fully saturated rings. The van der Waals surface area contributed by atoms with Gasteiger partial charge in [0.15, 0.2) is 0 Å². The van der Waals surface area contributed by atoms with Crippen LogP contribution in [0.25, 0.3) is 0 Å². The Labute approximate surface area is 122 Å². The molecule has 1 N–H and O–H groups in total. The highest BCUT2D eigenvalue weighted by Crippen LogP contribution is 2.27. The average molecular weight is 291 g/mol. The van der Waals surface area contributed by atoms with Crippen molar-refractivity contribution in [1.29, 1.82) is 5.26 Å². The minimum absolute atomic E-state index is 0.455. The Morgan fingerprint density at radius 2 is 2.25 bits per heavy atom. The standard InChI is InChI=1S/C14H15ClN4O/c1-9-10(7-16)14(19(2)18-9)17-8-11-12(15)5-4-6-13(11)20-3/h4-6,17H,8H2,1-3H3. The molecule has 0 saturated heterocycles. The van der Waals surface area contributed by atoms with Crippen molar-refractivity contribution in [2.75, 3.05) is 12.4 Å². The first-order chi connectivity index (χ1) is 9.58. The summed E-state index contributed by atoms with van der Waals surface area (Å²) in [6.45, 7) is 2.26. The molecule has 0 amide bonds. The highest BCUT2D eigenvalue weighted by molar-refractivity contribution is 6.31. The van der Waals surface area contributed by atoms with Crippen LogP contribution in [-0.2, 0) is 13.6 Å². The largest absolute Gasteiger partial charge is 0.496 e. The van der Waals surface area contributed by atoms with E-state index in [0.717, 1.165) is 5.56 Å². The summed E-state index contributed by atoms with van der Waals surface area (Å²) in [7, 11) is 3.39. The zero-order valence-electron chi connectivity index (χ0n) is 11.6. The van der Waals surface area contributed by atoms with Gasteiger partial charge in [0.05, 0.1) is 12.8 Å². The predicted molar refractivity (Wildman–Crippen MR) is 78.0 cm³/mol. The van der Waals surface area contributed by atoms with E-state index in [9.17, 15) is 5.26 Å². The van der Waals surface area contributed by atoms with E-state index >= 15 is 0 Å². The summed E-state index contributed by atoms with van der Waals surface area (Å²) in [5.74, 6) is 1.38. The molecule has 0 unspecified atom stereocenters. The van der Waals surface area contributed by atoms with Crippen molar-refractivity contribution in [3.05, 3.63) is 40.0 Å². The molecule has 2 rings (SSSR count). The van der Waals surface area contributed by atoms with E-state index in [1.807, 2.05) is 12.1 Å². The predicted octanol–water partition coefficient (Wildman–Crippen LogP) is 2.87. The number of anilines is 1. The molecule has 0 radical (unpaired) electrons. The van der Waals surface area contributed by atoms with E-state index < -0.39 is 0 Å². The number of halogens is 1. The number of ether oxygens (including phenoxy) is 1. The highest BCUT2D eigenvalue weighted by Gasteiger charge is 2.14. The Kier molecular flexibility index (Phi) is 4.16. The van der Waals surface area contributed by atoms with Gasteiger partial charge in [0.2, 0.25) is 0 Å². The van der Waals surface area contributed by atoms with Crippen molar-refractivity contribution in [1.82, 2.24) is 9.78 Å². The average Bonchev–Trinajstić information content (AvgIpc) is 2.70. The van der Waals surface area contributed by atoms with Gasteiger partial charge in [0, 0.05) is 24.2 Å². The summed E-state index contributed by atoms with van der Waals surface area (Å²) in [6, 6.07) is 7.64. The van der Waals surface area contributed by atoms with E-state index in [4.69, 9.17) is 16.3 Å². The molecule has 0 saturated carbocycles. The number of nitrogens with one attached hydrogen (secondary N) is 1. The second-order valence-electron chi connectivity index (χ2n) is 4.32. The lowest BCUT2D eigenvalue weighted by Crippen LogP contribution is -2.07. The Morgan fingerprint density at radius 3 is 2.90 bits per heavy atom. The lowest BCUT2D eigenvalue weighted by atomic mass is 10.2. The number of hydrogen-bond donors (Lipinski definition) is 1. The van der Waals surface area contributed by atoms with Crippen LogP contribution in [0.15, 0.2) is 18.2 Å². The van der Waals surface area contributed by atoms with Gasteiger partial charge in [-0.2, -0.15) is 10.4 Å². The van der Waals surface area contributed by atoms with Crippen LogP contribution in [0.4, 0.5) is 5.82 Å². The third-order valence-electron chi connectivity index (χ3n) is 3.06. The highest BCUT2D eigenvalue weighted by atomic mass is 35.5. The van der Waals surface area contributed by atoms with Crippen molar-refractivity contribution in [3.63, 3.8) is 0 Å². The smallest absolute Gasteiger partial charge is 0.142 e. The van der Waals surface area contributed by atoms with E-state index in [-0.39, 0.29) is 0 Å². The van der Waals surface area contributed by atoms with E-state index in [1.165, 1.54) is 0 Å². The minimum Gasteiger partial charge on any atom is -0.496 e. The van der Waals surface area contributed by atoms with Gasteiger partial charge in [-0.1, -0.05) is 17.7 Å². The van der Waals surface area contributed by atoms with Crippen molar-refractivity contribution >= 4 is 17.4 Å². The number of aromatic nitrogens is 2. The third-order valence-corrected chi connectivity index (χ3v) is 3.42. The van der Waals surface area contributed by atoms with Gasteiger partial charge in [-0.25, -0.2) is 0 Å². The minimum atomic E-state index is 0.455. The number of methoxy groups -OCH3 is 1. The Bertz CT molecular complexity index is 673. The molecule has 2 aromatic rings. The normalized spacial score (nSPS) is 10.2. The molecule has 1 aromatic carbocycles. The summed E-state index contributed by atoms with van der Waals surface area (Å²) in [6.07, 6.45) is 0. The topological polar surface area (TPSA) is 62.9 Å². The van der Waals surface area contributed by atoms with Crippen LogP contribution >= 0.6 is 11.6 Å². The van der Waals surface area contributed by atoms with Gasteiger partial charge >= 0.3 is 0 Å². The van der Waals surface area contributed by atoms with Gasteiger partial charge in [-0.05, 0) is 19.1 Å². The molecule has 20 heavy (non-hydrogen) atoms. The van der Waals surface area contributed by atoms with Crippen molar-refractivity contribution in [2.45, 2.75) is 13.5 Å². The Morgan fingerprint density at radius 1 is 1.50 bits per heavy atom. The zero-order chi connectivity index (χ0) is 14.7. The molecule has 0 bridgehead atoms. The Hall–Kier alpha value is -2.19. The van der Waals surface area contributed by atoms with Crippen LogP contribution in [-0.4, -0.2) is 16.9 Å². The van der Waals surface area contributed by atoms with Gasteiger partial charge in [-0.15, -0.1) is 0 Å². The van der Waals surface area contributed by atoms with Crippen molar-refractivity contribution in [2.24, 2.45) is 7.05 Å². The first kappa shape index (κ1) is 14.2. The molecular weight excluding hydrogens is 276 g/mol.